The molecule has 3 heterocycles. The fraction of sp³-hybridized carbons (Fsp3) is 0.800. The van der Waals surface area contributed by atoms with Crippen LogP contribution in [-0.4, -0.2) is 42.1 Å². The van der Waals surface area contributed by atoms with Gasteiger partial charge in [0.1, 0.15) is 0 Å². The van der Waals surface area contributed by atoms with Gasteiger partial charge < -0.3 is 10.6 Å². The number of fused-ring (bicyclic) bond motifs is 1. The molecule has 5 heteroatoms. The van der Waals surface area contributed by atoms with Crippen LogP contribution >= 0.6 is 11.3 Å². The second-order valence-corrected chi connectivity index (χ2v) is 7.01. The van der Waals surface area contributed by atoms with E-state index in [0.717, 1.165) is 32.0 Å². The van der Waals surface area contributed by atoms with Crippen LogP contribution in [0, 0.1) is 0 Å². The van der Waals surface area contributed by atoms with Crippen LogP contribution < -0.4 is 10.6 Å². The first-order valence-electron chi connectivity index (χ1n) is 7.99. The number of aromatic nitrogens is 1. The molecule has 0 spiro atoms. The summed E-state index contributed by atoms with van der Waals surface area (Å²) in [4.78, 5) is 11.3. The van der Waals surface area contributed by atoms with Crippen molar-refractivity contribution in [2.24, 2.45) is 5.73 Å². The van der Waals surface area contributed by atoms with Gasteiger partial charge in [-0.05, 0) is 25.8 Å². The number of aryl methyl sites for hydroxylation is 1. The Morgan fingerprint density at radius 3 is 3.00 bits per heavy atom. The highest BCUT2D eigenvalue weighted by Gasteiger charge is 2.30. The average molecular weight is 294 g/mol. The van der Waals surface area contributed by atoms with E-state index >= 15 is 0 Å². The summed E-state index contributed by atoms with van der Waals surface area (Å²) in [7, 11) is 0. The van der Waals surface area contributed by atoms with Crippen LogP contribution in [0.3, 0.4) is 0 Å². The Labute approximate surface area is 126 Å². The second-order valence-electron chi connectivity index (χ2n) is 5.95. The van der Waals surface area contributed by atoms with Gasteiger partial charge in [-0.1, -0.05) is 19.8 Å². The lowest BCUT2D eigenvalue weighted by atomic mass is 10.00. The van der Waals surface area contributed by atoms with E-state index in [4.69, 9.17) is 10.7 Å². The molecule has 0 bridgehead atoms. The summed E-state index contributed by atoms with van der Waals surface area (Å²) in [6.45, 7) is 7.62. The largest absolute Gasteiger partial charge is 0.345 e. The van der Waals surface area contributed by atoms with E-state index in [1.54, 1.807) is 0 Å². The molecule has 2 aliphatic rings. The second kappa shape index (κ2) is 6.41. The molecular formula is C15H26N4S. The Balaban J connectivity index is 1.72. The molecule has 2 saturated heterocycles. The highest BCUT2D eigenvalue weighted by atomic mass is 32.1. The van der Waals surface area contributed by atoms with E-state index in [-0.39, 0.29) is 0 Å². The van der Waals surface area contributed by atoms with Crippen LogP contribution in [0.4, 0.5) is 5.13 Å². The Bertz CT molecular complexity index is 445. The maximum absolute atomic E-state index is 5.87. The number of nitrogens with zero attached hydrogens (tertiary/aromatic N) is 3. The van der Waals surface area contributed by atoms with Crippen molar-refractivity contribution >= 4 is 16.5 Å². The summed E-state index contributed by atoms with van der Waals surface area (Å²) in [6.07, 6.45) is 6.33. The molecule has 2 N–H and O–H groups in total. The Hall–Kier alpha value is -0.650. The zero-order valence-corrected chi connectivity index (χ0v) is 13.3. The molecule has 112 valence electrons. The minimum absolute atomic E-state index is 0.635. The molecule has 3 rings (SSSR count). The summed E-state index contributed by atoms with van der Waals surface area (Å²) in [5, 5.41) is 1.21. The van der Waals surface area contributed by atoms with Gasteiger partial charge in [0.15, 0.2) is 5.13 Å². The van der Waals surface area contributed by atoms with E-state index in [0.29, 0.717) is 6.54 Å². The fourth-order valence-electron chi connectivity index (χ4n) is 3.43. The highest BCUT2D eigenvalue weighted by molar-refractivity contribution is 7.15. The summed E-state index contributed by atoms with van der Waals surface area (Å²) < 4.78 is 0. The smallest absolute Gasteiger partial charge is 0.185 e. The monoisotopic (exact) mass is 294 g/mol. The number of nitrogens with two attached hydrogens (primary N) is 1. The predicted octanol–water partition coefficient (Wildman–Crippen LogP) is 2.23. The molecule has 0 amide bonds. The van der Waals surface area contributed by atoms with E-state index in [1.165, 1.54) is 48.1 Å². The molecule has 1 aromatic rings. The first-order chi connectivity index (χ1) is 9.81. The average Bonchev–Trinajstić information content (AvgIpc) is 2.90. The van der Waals surface area contributed by atoms with Gasteiger partial charge in [0, 0.05) is 37.1 Å². The molecule has 1 aromatic heterocycles. The van der Waals surface area contributed by atoms with Crippen LogP contribution in [0.25, 0.3) is 0 Å². The Kier molecular flexibility index (Phi) is 4.58. The van der Waals surface area contributed by atoms with Gasteiger partial charge in [-0.25, -0.2) is 4.98 Å². The number of piperazine rings is 1. The van der Waals surface area contributed by atoms with Gasteiger partial charge in [0.2, 0.25) is 0 Å². The third-order valence-electron chi connectivity index (χ3n) is 4.55. The Morgan fingerprint density at radius 1 is 1.30 bits per heavy atom. The molecule has 0 aliphatic carbocycles. The number of hydrogen-bond donors (Lipinski definition) is 1. The van der Waals surface area contributed by atoms with Crippen molar-refractivity contribution in [3.63, 3.8) is 0 Å². The van der Waals surface area contributed by atoms with E-state index in [2.05, 4.69) is 16.7 Å². The zero-order chi connectivity index (χ0) is 13.9. The maximum atomic E-state index is 5.87. The molecule has 4 nitrogen and oxygen atoms in total. The summed E-state index contributed by atoms with van der Waals surface area (Å²) in [5.41, 5.74) is 7.11. The van der Waals surface area contributed by atoms with E-state index in [1.807, 2.05) is 11.3 Å². The van der Waals surface area contributed by atoms with Crippen molar-refractivity contribution < 1.29 is 0 Å². The van der Waals surface area contributed by atoms with Crippen LogP contribution in [0.15, 0.2) is 0 Å². The van der Waals surface area contributed by atoms with Gasteiger partial charge in [-0.3, -0.25) is 4.90 Å². The molecule has 2 fully saturated rings. The van der Waals surface area contributed by atoms with Crippen LogP contribution in [0.5, 0.6) is 0 Å². The van der Waals surface area contributed by atoms with Crippen molar-refractivity contribution in [2.75, 3.05) is 31.1 Å². The Morgan fingerprint density at radius 2 is 2.20 bits per heavy atom. The summed E-state index contributed by atoms with van der Waals surface area (Å²) in [5.74, 6) is 0. The summed E-state index contributed by atoms with van der Waals surface area (Å²) in [6, 6.07) is 0.748. The number of piperidine rings is 1. The highest BCUT2D eigenvalue weighted by Crippen LogP contribution is 2.30. The standard InChI is InChI=1S/C15H26N4S/c1-2-5-13-14(10-16)20-15(17-13)19-9-8-18-7-4-3-6-12(18)11-19/h12H,2-11,16H2,1H3. The van der Waals surface area contributed by atoms with Gasteiger partial charge in [-0.2, -0.15) is 0 Å². The zero-order valence-electron chi connectivity index (χ0n) is 12.5. The SMILES string of the molecule is CCCc1nc(N2CCN3CCCCC3C2)sc1CN. The van der Waals surface area contributed by atoms with E-state index in [9.17, 15) is 0 Å². The normalized spacial score (nSPS) is 23.9. The van der Waals surface area contributed by atoms with Crippen molar-refractivity contribution in [2.45, 2.75) is 51.6 Å². The third kappa shape index (κ3) is 2.85. The topological polar surface area (TPSA) is 45.4 Å². The van der Waals surface area contributed by atoms with Crippen LogP contribution in [-0.2, 0) is 13.0 Å². The lowest BCUT2D eigenvalue weighted by molar-refractivity contribution is 0.133. The van der Waals surface area contributed by atoms with Crippen molar-refractivity contribution in [3.05, 3.63) is 10.6 Å². The van der Waals surface area contributed by atoms with Crippen LogP contribution in [0.1, 0.15) is 43.2 Å². The molecular weight excluding hydrogens is 268 g/mol. The number of anilines is 1. The van der Waals surface area contributed by atoms with Gasteiger partial charge >= 0.3 is 0 Å². The van der Waals surface area contributed by atoms with Crippen molar-refractivity contribution in [3.8, 4) is 0 Å². The first-order valence-corrected chi connectivity index (χ1v) is 8.81. The van der Waals surface area contributed by atoms with Gasteiger partial charge in [0.25, 0.3) is 0 Å². The third-order valence-corrected chi connectivity index (χ3v) is 5.73. The quantitative estimate of drug-likeness (QED) is 0.925. The van der Waals surface area contributed by atoms with Crippen LogP contribution in [0.2, 0.25) is 0 Å². The lowest BCUT2D eigenvalue weighted by Gasteiger charge is -2.44. The first kappa shape index (κ1) is 14.3. The molecule has 1 unspecified atom stereocenters. The molecule has 1 atom stereocenters. The van der Waals surface area contributed by atoms with E-state index < -0.39 is 0 Å². The molecule has 0 aromatic carbocycles. The minimum atomic E-state index is 0.635. The van der Waals surface area contributed by atoms with Gasteiger partial charge in [0.05, 0.1) is 5.69 Å². The fourth-order valence-corrected chi connectivity index (χ4v) is 4.45. The lowest BCUT2D eigenvalue weighted by Crippen LogP contribution is -2.54. The number of hydrogen-bond acceptors (Lipinski definition) is 5. The molecule has 2 aliphatic heterocycles. The molecule has 0 radical (unpaired) electrons. The van der Waals surface area contributed by atoms with Gasteiger partial charge in [-0.15, -0.1) is 11.3 Å². The summed E-state index contributed by atoms with van der Waals surface area (Å²) >= 11 is 1.82. The predicted molar refractivity (Wildman–Crippen MR) is 85.4 cm³/mol. The molecule has 20 heavy (non-hydrogen) atoms. The molecule has 0 saturated carbocycles. The number of thiazole rings is 1. The minimum Gasteiger partial charge on any atom is -0.345 e. The maximum Gasteiger partial charge on any atom is 0.185 e. The van der Waals surface area contributed by atoms with Crippen molar-refractivity contribution in [1.29, 1.82) is 0 Å². The number of rotatable bonds is 4. The van der Waals surface area contributed by atoms with Crippen molar-refractivity contribution in [1.82, 2.24) is 9.88 Å².